The quantitative estimate of drug-likeness (QED) is 0.920. The van der Waals surface area contributed by atoms with Crippen LogP contribution in [0.4, 0.5) is 4.39 Å². The van der Waals surface area contributed by atoms with Gasteiger partial charge in [0.05, 0.1) is 11.8 Å². The first-order valence-corrected chi connectivity index (χ1v) is 7.17. The summed E-state index contributed by atoms with van der Waals surface area (Å²) < 4.78 is 18.6. The molecule has 1 fully saturated rings. The van der Waals surface area contributed by atoms with Crippen LogP contribution >= 0.6 is 0 Å². The van der Waals surface area contributed by atoms with Crippen molar-refractivity contribution in [2.45, 2.75) is 25.5 Å². The van der Waals surface area contributed by atoms with E-state index in [0.29, 0.717) is 23.9 Å². The molecule has 1 saturated carbocycles. The third kappa shape index (κ3) is 3.49. The van der Waals surface area contributed by atoms with E-state index in [2.05, 4.69) is 9.88 Å². The van der Waals surface area contributed by atoms with Gasteiger partial charge in [-0.2, -0.15) is 0 Å². The fraction of sp³-hybridized carbons (Fsp3) is 0.438. The van der Waals surface area contributed by atoms with Gasteiger partial charge < -0.3 is 14.4 Å². The molecule has 3 rings (SSSR count). The Morgan fingerprint density at radius 3 is 2.95 bits per heavy atom. The molecule has 1 N–H and O–H groups in total. The number of hydrogen-bond donors (Lipinski definition) is 1. The first-order chi connectivity index (χ1) is 10.1. The first-order valence-electron chi connectivity index (χ1n) is 7.17. The fourth-order valence-electron chi connectivity index (χ4n) is 2.77. The van der Waals surface area contributed by atoms with Gasteiger partial charge in [-0.05, 0) is 44.0 Å². The minimum Gasteiger partial charge on any atom is -0.444 e. The topological polar surface area (TPSA) is 49.5 Å². The Hall–Kier alpha value is -1.72. The van der Waals surface area contributed by atoms with Gasteiger partial charge >= 0.3 is 0 Å². The zero-order chi connectivity index (χ0) is 14.8. The highest BCUT2D eigenvalue weighted by Gasteiger charge is 2.28. The van der Waals surface area contributed by atoms with Crippen LogP contribution in [0.5, 0.6) is 0 Å². The van der Waals surface area contributed by atoms with Crippen LogP contribution in [0, 0.1) is 11.7 Å². The summed E-state index contributed by atoms with van der Waals surface area (Å²) in [5.41, 5.74) is 1.47. The molecule has 0 saturated heterocycles. The van der Waals surface area contributed by atoms with Crippen LogP contribution in [0.25, 0.3) is 11.5 Å². The highest BCUT2D eigenvalue weighted by molar-refractivity contribution is 5.52. The van der Waals surface area contributed by atoms with Crippen molar-refractivity contribution in [1.82, 2.24) is 9.88 Å². The molecule has 0 unspecified atom stereocenters. The fourth-order valence-corrected chi connectivity index (χ4v) is 2.77. The Kier molecular flexibility index (Phi) is 4.03. The molecule has 0 aliphatic heterocycles. The van der Waals surface area contributed by atoms with Crippen molar-refractivity contribution in [1.29, 1.82) is 0 Å². The second kappa shape index (κ2) is 5.95. The van der Waals surface area contributed by atoms with Crippen LogP contribution in [0.15, 0.2) is 34.9 Å². The first kappa shape index (κ1) is 14.2. The monoisotopic (exact) mass is 290 g/mol. The van der Waals surface area contributed by atoms with E-state index in [1.54, 1.807) is 18.4 Å². The van der Waals surface area contributed by atoms with Gasteiger partial charge in [0, 0.05) is 18.7 Å². The highest BCUT2D eigenvalue weighted by atomic mass is 19.1. The summed E-state index contributed by atoms with van der Waals surface area (Å²) in [7, 11) is 2.03. The molecule has 0 radical (unpaired) electrons. The number of hydrogen-bond acceptors (Lipinski definition) is 4. The minimum absolute atomic E-state index is 0.116. The van der Waals surface area contributed by atoms with Gasteiger partial charge in [0.25, 0.3) is 0 Å². The molecule has 1 heterocycles. The Balaban J connectivity index is 1.60. The molecule has 4 nitrogen and oxygen atoms in total. The van der Waals surface area contributed by atoms with Crippen molar-refractivity contribution in [3.63, 3.8) is 0 Å². The van der Waals surface area contributed by atoms with Gasteiger partial charge in [-0.1, -0.05) is 6.07 Å². The Morgan fingerprint density at radius 2 is 2.24 bits per heavy atom. The smallest absolute Gasteiger partial charge is 0.226 e. The minimum atomic E-state index is -0.298. The van der Waals surface area contributed by atoms with Crippen LogP contribution in [0.1, 0.15) is 18.5 Å². The molecule has 0 bridgehead atoms. The van der Waals surface area contributed by atoms with E-state index in [0.717, 1.165) is 25.1 Å². The summed E-state index contributed by atoms with van der Waals surface area (Å²) in [5.74, 6) is 0.712. The van der Waals surface area contributed by atoms with E-state index < -0.39 is 0 Å². The Labute approximate surface area is 123 Å². The number of benzene rings is 1. The lowest BCUT2D eigenvalue weighted by Crippen LogP contribution is -2.36. The van der Waals surface area contributed by atoms with E-state index in [4.69, 9.17) is 4.42 Å². The third-order valence-electron chi connectivity index (χ3n) is 3.84. The maximum Gasteiger partial charge on any atom is 0.226 e. The van der Waals surface area contributed by atoms with Crippen molar-refractivity contribution in [3.8, 4) is 11.5 Å². The van der Waals surface area contributed by atoms with Crippen LogP contribution in [-0.2, 0) is 6.54 Å². The highest BCUT2D eigenvalue weighted by Crippen LogP contribution is 2.28. The van der Waals surface area contributed by atoms with E-state index in [1.807, 2.05) is 7.05 Å². The third-order valence-corrected chi connectivity index (χ3v) is 3.84. The maximum atomic E-state index is 13.2. The number of rotatable bonds is 5. The van der Waals surface area contributed by atoms with Gasteiger partial charge in [0.1, 0.15) is 12.1 Å². The lowest BCUT2D eigenvalue weighted by Gasteiger charge is -2.34. The summed E-state index contributed by atoms with van der Waals surface area (Å²) in [5, 5.41) is 9.30. The van der Waals surface area contributed by atoms with E-state index in [9.17, 15) is 9.50 Å². The standard InChI is InChI=1S/C16H19FN2O2/c1-19(8-11-5-15(20)6-11)9-14-10-21-16(18-14)12-3-2-4-13(17)7-12/h2-4,7,10-11,15,20H,5-6,8-9H2,1H3. The van der Waals surface area contributed by atoms with E-state index in [1.165, 1.54) is 12.1 Å². The van der Waals surface area contributed by atoms with Crippen molar-refractivity contribution in [2.75, 3.05) is 13.6 Å². The Morgan fingerprint density at radius 1 is 1.43 bits per heavy atom. The number of halogens is 1. The number of aromatic nitrogens is 1. The van der Waals surface area contributed by atoms with Crippen molar-refractivity contribution in [3.05, 3.63) is 42.0 Å². The molecule has 2 aromatic rings. The van der Waals surface area contributed by atoms with Gasteiger partial charge in [-0.3, -0.25) is 0 Å². The lowest BCUT2D eigenvalue weighted by atomic mass is 9.82. The second-order valence-electron chi connectivity index (χ2n) is 5.84. The molecular weight excluding hydrogens is 271 g/mol. The van der Waals surface area contributed by atoms with Crippen molar-refractivity contribution >= 4 is 0 Å². The number of aliphatic hydroxyl groups is 1. The largest absolute Gasteiger partial charge is 0.444 e. The summed E-state index contributed by atoms with van der Waals surface area (Å²) in [4.78, 5) is 6.57. The normalized spacial score (nSPS) is 21.5. The SMILES string of the molecule is CN(Cc1coc(-c2cccc(F)c2)n1)CC1CC(O)C1. The lowest BCUT2D eigenvalue weighted by molar-refractivity contribution is 0.0272. The molecule has 0 spiro atoms. The number of nitrogens with zero attached hydrogens (tertiary/aromatic N) is 2. The van der Waals surface area contributed by atoms with Gasteiger partial charge in [0.2, 0.25) is 5.89 Å². The molecule has 1 aliphatic rings. The molecular formula is C16H19FN2O2. The molecule has 0 amide bonds. The molecule has 1 aromatic carbocycles. The molecule has 1 aliphatic carbocycles. The zero-order valence-corrected chi connectivity index (χ0v) is 12.0. The van der Waals surface area contributed by atoms with E-state index >= 15 is 0 Å². The van der Waals surface area contributed by atoms with Gasteiger partial charge in [0.15, 0.2) is 0 Å². The molecule has 0 atom stereocenters. The second-order valence-corrected chi connectivity index (χ2v) is 5.84. The number of aliphatic hydroxyl groups excluding tert-OH is 1. The average Bonchev–Trinajstić information content (AvgIpc) is 2.85. The predicted molar refractivity (Wildman–Crippen MR) is 77.0 cm³/mol. The molecule has 1 aromatic heterocycles. The van der Waals surface area contributed by atoms with Gasteiger partial charge in [-0.25, -0.2) is 9.37 Å². The zero-order valence-electron chi connectivity index (χ0n) is 12.0. The predicted octanol–water partition coefficient (Wildman–Crippen LogP) is 2.68. The summed E-state index contributed by atoms with van der Waals surface area (Å²) in [6.45, 7) is 1.63. The van der Waals surface area contributed by atoms with Crippen molar-refractivity contribution < 1.29 is 13.9 Å². The maximum absolute atomic E-state index is 13.2. The van der Waals surface area contributed by atoms with Crippen LogP contribution in [0.3, 0.4) is 0 Å². The van der Waals surface area contributed by atoms with Gasteiger partial charge in [-0.15, -0.1) is 0 Å². The molecule has 5 heteroatoms. The van der Waals surface area contributed by atoms with Crippen LogP contribution in [0.2, 0.25) is 0 Å². The molecule has 21 heavy (non-hydrogen) atoms. The molecule has 112 valence electrons. The van der Waals surface area contributed by atoms with Crippen molar-refractivity contribution in [2.24, 2.45) is 5.92 Å². The Bertz CT molecular complexity index is 608. The summed E-state index contributed by atoms with van der Waals surface area (Å²) in [6.07, 6.45) is 3.27. The summed E-state index contributed by atoms with van der Waals surface area (Å²) in [6, 6.07) is 6.23. The van der Waals surface area contributed by atoms with Crippen LogP contribution in [-0.4, -0.2) is 34.7 Å². The number of oxazole rings is 1. The van der Waals surface area contributed by atoms with E-state index in [-0.39, 0.29) is 11.9 Å². The summed E-state index contributed by atoms with van der Waals surface area (Å²) >= 11 is 0. The van der Waals surface area contributed by atoms with Crippen LogP contribution < -0.4 is 0 Å². The average molecular weight is 290 g/mol.